The van der Waals surface area contributed by atoms with Crippen LogP contribution in [0.4, 0.5) is 0 Å². The Hall–Kier alpha value is -3.02. The van der Waals surface area contributed by atoms with Crippen molar-refractivity contribution < 1.29 is 9.53 Å². The Morgan fingerprint density at radius 1 is 1.12 bits per heavy atom. The summed E-state index contributed by atoms with van der Waals surface area (Å²) in [6, 6.07) is 15.5. The second-order valence-electron chi connectivity index (χ2n) is 5.69. The van der Waals surface area contributed by atoms with Crippen LogP contribution in [0.5, 0.6) is 5.75 Å². The highest BCUT2D eigenvalue weighted by atomic mass is 16.5. The molecule has 0 bridgehead atoms. The van der Waals surface area contributed by atoms with Gasteiger partial charge in [0.1, 0.15) is 5.75 Å². The summed E-state index contributed by atoms with van der Waals surface area (Å²) in [7, 11) is 5.04. The molecule has 6 heteroatoms. The predicted molar refractivity (Wildman–Crippen MR) is 105 cm³/mol. The molecular weight excluding hydrogens is 328 g/mol. The molecule has 138 valence electrons. The third-order valence-corrected chi connectivity index (χ3v) is 3.98. The molecule has 3 N–H and O–H groups in total. The fourth-order valence-electron chi connectivity index (χ4n) is 2.60. The number of methoxy groups -OCH3 is 1. The Labute approximate surface area is 154 Å². The monoisotopic (exact) mass is 354 g/mol. The quantitative estimate of drug-likeness (QED) is 0.525. The first-order chi connectivity index (χ1) is 12.7. The van der Waals surface area contributed by atoms with Crippen molar-refractivity contribution in [1.82, 2.24) is 16.0 Å². The molecule has 0 unspecified atom stereocenters. The number of rotatable bonds is 7. The van der Waals surface area contributed by atoms with Crippen LogP contribution in [0.15, 0.2) is 53.5 Å². The highest BCUT2D eigenvalue weighted by Gasteiger charge is 2.05. The number of carbonyl (C=O) groups excluding carboxylic acids is 1. The number of nitrogens with one attached hydrogen (secondary N) is 3. The van der Waals surface area contributed by atoms with Crippen molar-refractivity contribution in [2.75, 3.05) is 27.7 Å². The topological polar surface area (TPSA) is 74.8 Å². The third-order valence-electron chi connectivity index (χ3n) is 3.98. The number of benzene rings is 2. The maximum atomic E-state index is 11.7. The molecule has 2 rings (SSSR count). The van der Waals surface area contributed by atoms with Crippen LogP contribution >= 0.6 is 0 Å². The fraction of sp³-hybridized carbons (Fsp3) is 0.300. The lowest BCUT2D eigenvalue weighted by atomic mass is 10.1. The molecular formula is C20H26N4O2. The van der Waals surface area contributed by atoms with Crippen molar-refractivity contribution in [3.8, 4) is 5.75 Å². The van der Waals surface area contributed by atoms with Crippen LogP contribution in [0.3, 0.4) is 0 Å². The number of carbonyl (C=O) groups is 1. The largest absolute Gasteiger partial charge is 0.496 e. The van der Waals surface area contributed by atoms with E-state index in [-0.39, 0.29) is 5.91 Å². The number of amides is 1. The second-order valence-corrected chi connectivity index (χ2v) is 5.69. The molecule has 6 nitrogen and oxygen atoms in total. The SMILES string of the molecule is CN=C(NCCc1ccccc1OC)NCc1cccc(C(=O)NC)c1. The minimum atomic E-state index is -0.0915. The van der Waals surface area contributed by atoms with Gasteiger partial charge in [0.25, 0.3) is 5.91 Å². The number of hydrogen-bond donors (Lipinski definition) is 3. The van der Waals surface area contributed by atoms with Crippen LogP contribution in [0.2, 0.25) is 0 Å². The van der Waals surface area contributed by atoms with E-state index in [1.807, 2.05) is 36.4 Å². The first-order valence-corrected chi connectivity index (χ1v) is 8.55. The molecule has 0 saturated heterocycles. The molecule has 0 heterocycles. The molecule has 0 aliphatic carbocycles. The zero-order valence-electron chi connectivity index (χ0n) is 15.5. The number of hydrogen-bond acceptors (Lipinski definition) is 3. The zero-order valence-corrected chi connectivity index (χ0v) is 15.5. The molecule has 2 aromatic carbocycles. The van der Waals surface area contributed by atoms with Crippen molar-refractivity contribution in [1.29, 1.82) is 0 Å². The van der Waals surface area contributed by atoms with E-state index in [4.69, 9.17) is 4.74 Å². The summed E-state index contributed by atoms with van der Waals surface area (Å²) in [6.07, 6.45) is 0.830. The number of guanidine groups is 1. The molecule has 1 amide bonds. The van der Waals surface area contributed by atoms with Crippen LogP contribution < -0.4 is 20.7 Å². The van der Waals surface area contributed by atoms with E-state index in [2.05, 4.69) is 27.0 Å². The van der Waals surface area contributed by atoms with Gasteiger partial charge in [-0.3, -0.25) is 9.79 Å². The van der Waals surface area contributed by atoms with E-state index in [0.29, 0.717) is 18.1 Å². The van der Waals surface area contributed by atoms with E-state index in [0.717, 1.165) is 29.8 Å². The van der Waals surface area contributed by atoms with Crippen molar-refractivity contribution in [3.05, 3.63) is 65.2 Å². The summed E-state index contributed by atoms with van der Waals surface area (Å²) in [4.78, 5) is 15.9. The first kappa shape index (κ1) is 19.3. The van der Waals surface area contributed by atoms with Gasteiger partial charge in [-0.05, 0) is 35.7 Å². The van der Waals surface area contributed by atoms with E-state index in [9.17, 15) is 4.79 Å². The van der Waals surface area contributed by atoms with Gasteiger partial charge in [-0.25, -0.2) is 0 Å². The summed E-state index contributed by atoms with van der Waals surface area (Å²) in [6.45, 7) is 1.32. The molecule has 0 aliphatic rings. The van der Waals surface area contributed by atoms with Crippen LogP contribution in [0, 0.1) is 0 Å². The molecule has 0 aromatic heterocycles. The summed E-state index contributed by atoms with van der Waals surface area (Å²) < 4.78 is 5.37. The minimum Gasteiger partial charge on any atom is -0.496 e. The van der Waals surface area contributed by atoms with Crippen LogP contribution in [0.1, 0.15) is 21.5 Å². The molecule has 0 radical (unpaired) electrons. The average molecular weight is 354 g/mol. The molecule has 26 heavy (non-hydrogen) atoms. The zero-order chi connectivity index (χ0) is 18.8. The standard InChI is InChI=1S/C20H26N4O2/c1-21-19(25)17-9-6-7-15(13-17)14-24-20(22-2)23-12-11-16-8-4-5-10-18(16)26-3/h4-10,13H,11-12,14H2,1-3H3,(H,21,25)(H2,22,23,24). The number of aliphatic imine (C=N–C) groups is 1. The van der Waals surface area contributed by atoms with Crippen LogP contribution in [-0.4, -0.2) is 39.6 Å². The molecule has 2 aromatic rings. The van der Waals surface area contributed by atoms with Gasteiger partial charge in [0.15, 0.2) is 5.96 Å². The lowest BCUT2D eigenvalue weighted by Gasteiger charge is -2.13. The Morgan fingerprint density at radius 3 is 2.65 bits per heavy atom. The van der Waals surface area contributed by atoms with Crippen LogP contribution in [0.25, 0.3) is 0 Å². The Balaban J connectivity index is 1.85. The summed E-state index contributed by atoms with van der Waals surface area (Å²) in [5.41, 5.74) is 2.81. The Kier molecular flexibility index (Phi) is 7.49. The highest BCUT2D eigenvalue weighted by molar-refractivity contribution is 5.94. The van der Waals surface area contributed by atoms with E-state index in [1.54, 1.807) is 27.3 Å². The van der Waals surface area contributed by atoms with E-state index < -0.39 is 0 Å². The third kappa shape index (κ3) is 5.51. The van der Waals surface area contributed by atoms with Gasteiger partial charge in [-0.1, -0.05) is 30.3 Å². The molecule has 0 saturated carbocycles. The van der Waals surface area contributed by atoms with Gasteiger partial charge in [0.05, 0.1) is 7.11 Å². The van der Waals surface area contributed by atoms with Gasteiger partial charge in [-0.2, -0.15) is 0 Å². The highest BCUT2D eigenvalue weighted by Crippen LogP contribution is 2.17. The molecule has 0 aliphatic heterocycles. The smallest absolute Gasteiger partial charge is 0.251 e. The minimum absolute atomic E-state index is 0.0915. The lowest BCUT2D eigenvalue weighted by molar-refractivity contribution is 0.0963. The maximum absolute atomic E-state index is 11.7. The normalized spacial score (nSPS) is 11.0. The molecule has 0 spiro atoms. The van der Waals surface area contributed by atoms with Gasteiger partial charge in [0.2, 0.25) is 0 Å². The Bertz CT molecular complexity index is 759. The molecule has 0 atom stereocenters. The molecule has 0 fully saturated rings. The Morgan fingerprint density at radius 2 is 1.92 bits per heavy atom. The number of ether oxygens (including phenoxy) is 1. The number of nitrogens with zero attached hydrogens (tertiary/aromatic N) is 1. The van der Waals surface area contributed by atoms with Gasteiger partial charge in [0, 0.05) is 32.7 Å². The van der Waals surface area contributed by atoms with Crippen molar-refractivity contribution in [2.24, 2.45) is 4.99 Å². The number of para-hydroxylation sites is 1. The lowest BCUT2D eigenvalue weighted by Crippen LogP contribution is -2.37. The van der Waals surface area contributed by atoms with Gasteiger partial charge in [-0.15, -0.1) is 0 Å². The van der Waals surface area contributed by atoms with Gasteiger partial charge < -0.3 is 20.7 Å². The second kappa shape index (κ2) is 10.1. The van der Waals surface area contributed by atoms with Crippen molar-refractivity contribution >= 4 is 11.9 Å². The summed E-state index contributed by atoms with van der Waals surface area (Å²) in [5.74, 6) is 1.51. The maximum Gasteiger partial charge on any atom is 0.251 e. The predicted octanol–water partition coefficient (Wildman–Crippen LogP) is 1.96. The van der Waals surface area contributed by atoms with Gasteiger partial charge >= 0.3 is 0 Å². The van der Waals surface area contributed by atoms with Crippen molar-refractivity contribution in [3.63, 3.8) is 0 Å². The summed E-state index contributed by atoms with van der Waals surface area (Å²) >= 11 is 0. The average Bonchev–Trinajstić information content (AvgIpc) is 2.70. The summed E-state index contributed by atoms with van der Waals surface area (Å²) in [5, 5.41) is 9.18. The first-order valence-electron chi connectivity index (χ1n) is 8.55. The fourth-order valence-corrected chi connectivity index (χ4v) is 2.60. The van der Waals surface area contributed by atoms with Crippen LogP contribution in [-0.2, 0) is 13.0 Å². The van der Waals surface area contributed by atoms with E-state index >= 15 is 0 Å². The van der Waals surface area contributed by atoms with E-state index in [1.165, 1.54) is 0 Å². The van der Waals surface area contributed by atoms with Crippen molar-refractivity contribution in [2.45, 2.75) is 13.0 Å².